The lowest BCUT2D eigenvalue weighted by Crippen LogP contribution is -2.42. The summed E-state index contributed by atoms with van der Waals surface area (Å²) in [5.41, 5.74) is 7.33. The Morgan fingerprint density at radius 3 is 3.11 bits per heavy atom. The minimum atomic E-state index is -0.160. The van der Waals surface area contributed by atoms with E-state index >= 15 is 0 Å². The third kappa shape index (κ3) is 2.28. The van der Waals surface area contributed by atoms with Gasteiger partial charge in [-0.1, -0.05) is 12.2 Å². The van der Waals surface area contributed by atoms with Crippen molar-refractivity contribution >= 4 is 28.8 Å². The van der Waals surface area contributed by atoms with Crippen molar-refractivity contribution in [1.82, 2.24) is 10.3 Å². The summed E-state index contributed by atoms with van der Waals surface area (Å²) in [6.07, 6.45) is 5.19. The lowest BCUT2D eigenvalue weighted by Gasteiger charge is -2.26. The second-order valence-corrected chi connectivity index (χ2v) is 4.66. The van der Waals surface area contributed by atoms with Crippen LogP contribution in [0.2, 0.25) is 0 Å². The quantitative estimate of drug-likeness (QED) is 0.775. The van der Waals surface area contributed by atoms with Crippen LogP contribution in [-0.2, 0) is 4.79 Å². The summed E-state index contributed by atoms with van der Waals surface area (Å²) in [7, 11) is 1.65. The van der Waals surface area contributed by atoms with Gasteiger partial charge in [-0.15, -0.1) is 0 Å². The molecule has 18 heavy (non-hydrogen) atoms. The largest absolute Gasteiger partial charge is 0.389 e. The number of likely N-dealkylation sites (N-methyl/N-ethyl adjacent to an activating group) is 1. The third-order valence-corrected chi connectivity index (χ3v) is 3.40. The predicted octanol–water partition coefficient (Wildman–Crippen LogP) is 0.431. The van der Waals surface area contributed by atoms with Crippen molar-refractivity contribution < 1.29 is 4.79 Å². The van der Waals surface area contributed by atoms with Crippen molar-refractivity contribution in [2.24, 2.45) is 5.73 Å². The molecule has 3 N–H and O–H groups in total. The predicted molar refractivity (Wildman–Crippen MR) is 74.6 cm³/mol. The maximum Gasteiger partial charge on any atom is 0.242 e. The summed E-state index contributed by atoms with van der Waals surface area (Å²) < 4.78 is 0. The molecule has 0 aliphatic carbocycles. The maximum absolute atomic E-state index is 11.8. The summed E-state index contributed by atoms with van der Waals surface area (Å²) in [5.74, 6) is 0.0187. The van der Waals surface area contributed by atoms with Crippen LogP contribution in [0.1, 0.15) is 18.4 Å². The van der Waals surface area contributed by atoms with Crippen LogP contribution >= 0.6 is 12.2 Å². The van der Waals surface area contributed by atoms with Gasteiger partial charge in [-0.05, 0) is 18.9 Å². The number of nitrogens with one attached hydrogen (secondary N) is 1. The Hall–Kier alpha value is -1.69. The van der Waals surface area contributed by atoms with Gasteiger partial charge in [0.2, 0.25) is 5.91 Å². The van der Waals surface area contributed by atoms with E-state index in [2.05, 4.69) is 10.3 Å². The van der Waals surface area contributed by atoms with E-state index in [1.54, 1.807) is 25.5 Å². The molecule has 0 saturated carbocycles. The van der Waals surface area contributed by atoms with E-state index < -0.39 is 0 Å². The van der Waals surface area contributed by atoms with Crippen molar-refractivity contribution in [3.8, 4) is 0 Å². The first-order chi connectivity index (χ1) is 8.65. The molecule has 1 aromatic heterocycles. The average Bonchev–Trinajstić information content (AvgIpc) is 2.86. The molecule has 6 heteroatoms. The van der Waals surface area contributed by atoms with Gasteiger partial charge in [0.15, 0.2) is 0 Å². The number of rotatable bonds is 3. The fourth-order valence-electron chi connectivity index (χ4n) is 2.32. The molecule has 1 aliphatic heterocycles. The van der Waals surface area contributed by atoms with Crippen LogP contribution in [0.5, 0.6) is 0 Å². The number of aromatic nitrogens is 1. The van der Waals surface area contributed by atoms with Crippen molar-refractivity contribution in [2.75, 3.05) is 18.5 Å². The van der Waals surface area contributed by atoms with Crippen LogP contribution in [0.3, 0.4) is 0 Å². The number of hydrogen-bond donors (Lipinski definition) is 2. The Bertz CT molecular complexity index is 477. The van der Waals surface area contributed by atoms with Crippen molar-refractivity contribution in [3.63, 3.8) is 0 Å². The smallest absolute Gasteiger partial charge is 0.242 e. The fraction of sp³-hybridized carbons (Fsp3) is 0.417. The van der Waals surface area contributed by atoms with Gasteiger partial charge >= 0.3 is 0 Å². The number of carbonyl (C=O) groups is 1. The first kappa shape index (κ1) is 12.8. The van der Waals surface area contributed by atoms with E-state index in [1.165, 1.54) is 0 Å². The Labute approximate surface area is 111 Å². The first-order valence-corrected chi connectivity index (χ1v) is 6.28. The fourth-order valence-corrected chi connectivity index (χ4v) is 2.49. The highest BCUT2D eigenvalue weighted by Gasteiger charge is 2.31. The number of carbonyl (C=O) groups excluding carboxylic acids is 1. The second-order valence-electron chi connectivity index (χ2n) is 4.22. The molecular weight excluding hydrogens is 248 g/mol. The summed E-state index contributed by atoms with van der Waals surface area (Å²) in [4.78, 5) is 18.3. The van der Waals surface area contributed by atoms with Crippen molar-refractivity contribution in [1.29, 1.82) is 0 Å². The zero-order valence-electron chi connectivity index (χ0n) is 10.2. The van der Waals surface area contributed by atoms with Crippen LogP contribution in [0.25, 0.3) is 0 Å². The Morgan fingerprint density at radius 1 is 1.67 bits per heavy atom. The standard InChI is InChI=1S/C12H16N4OS/c1-14-12(17)9-3-2-6-16(9)10-7-15-5-4-8(10)11(13)18/h4-5,7,9H,2-3,6H2,1H3,(H2,13,18)(H,14,17). The SMILES string of the molecule is CNC(=O)C1CCCN1c1cnccc1C(N)=S. The van der Waals surface area contributed by atoms with Crippen LogP contribution < -0.4 is 16.0 Å². The summed E-state index contributed by atoms with van der Waals surface area (Å²) in [6, 6.07) is 1.63. The molecule has 96 valence electrons. The molecule has 0 radical (unpaired) electrons. The molecule has 1 aromatic rings. The van der Waals surface area contributed by atoms with Gasteiger partial charge in [0.25, 0.3) is 0 Å². The van der Waals surface area contributed by atoms with E-state index in [1.807, 2.05) is 4.90 Å². The molecule has 0 aromatic carbocycles. The van der Waals surface area contributed by atoms with Gasteiger partial charge in [-0.25, -0.2) is 0 Å². The van der Waals surface area contributed by atoms with Gasteiger partial charge in [0, 0.05) is 25.4 Å². The lowest BCUT2D eigenvalue weighted by atomic mass is 10.1. The van der Waals surface area contributed by atoms with Gasteiger partial charge in [0.1, 0.15) is 11.0 Å². The zero-order chi connectivity index (χ0) is 13.1. The Kier molecular flexibility index (Phi) is 3.76. The highest BCUT2D eigenvalue weighted by molar-refractivity contribution is 7.80. The molecule has 1 saturated heterocycles. The van der Waals surface area contributed by atoms with E-state index in [0.29, 0.717) is 4.99 Å². The van der Waals surface area contributed by atoms with E-state index in [4.69, 9.17) is 18.0 Å². The van der Waals surface area contributed by atoms with Crippen LogP contribution in [0, 0.1) is 0 Å². The molecule has 1 atom stereocenters. The summed E-state index contributed by atoms with van der Waals surface area (Å²) >= 11 is 5.04. The van der Waals surface area contributed by atoms with Crippen molar-refractivity contribution in [2.45, 2.75) is 18.9 Å². The van der Waals surface area contributed by atoms with Gasteiger partial charge in [-0.3, -0.25) is 9.78 Å². The highest BCUT2D eigenvalue weighted by atomic mass is 32.1. The molecule has 1 aliphatic rings. The Balaban J connectivity index is 2.36. The minimum absolute atomic E-state index is 0.0187. The van der Waals surface area contributed by atoms with Gasteiger partial charge < -0.3 is 16.0 Å². The molecule has 1 unspecified atom stereocenters. The van der Waals surface area contributed by atoms with Crippen molar-refractivity contribution in [3.05, 3.63) is 24.0 Å². The number of nitrogens with two attached hydrogens (primary N) is 1. The van der Waals surface area contributed by atoms with Crippen LogP contribution in [-0.4, -0.2) is 35.5 Å². The van der Waals surface area contributed by atoms with Gasteiger partial charge in [0.05, 0.1) is 11.9 Å². The van der Waals surface area contributed by atoms with Crippen LogP contribution in [0.15, 0.2) is 18.5 Å². The normalized spacial score (nSPS) is 18.7. The van der Waals surface area contributed by atoms with E-state index in [0.717, 1.165) is 30.6 Å². The van der Waals surface area contributed by atoms with Gasteiger partial charge in [-0.2, -0.15) is 0 Å². The number of pyridine rings is 1. The molecular formula is C12H16N4OS. The average molecular weight is 264 g/mol. The summed E-state index contributed by atoms with van der Waals surface area (Å²) in [6.45, 7) is 0.819. The summed E-state index contributed by atoms with van der Waals surface area (Å²) in [5, 5.41) is 2.69. The molecule has 2 rings (SSSR count). The topological polar surface area (TPSA) is 71.2 Å². The van der Waals surface area contributed by atoms with E-state index in [-0.39, 0.29) is 11.9 Å². The molecule has 5 nitrogen and oxygen atoms in total. The van der Waals surface area contributed by atoms with E-state index in [9.17, 15) is 4.79 Å². The van der Waals surface area contributed by atoms with Crippen LogP contribution in [0.4, 0.5) is 5.69 Å². The minimum Gasteiger partial charge on any atom is -0.389 e. The zero-order valence-corrected chi connectivity index (χ0v) is 11.0. The lowest BCUT2D eigenvalue weighted by molar-refractivity contribution is -0.121. The molecule has 1 amide bonds. The molecule has 1 fully saturated rings. The monoisotopic (exact) mass is 264 g/mol. The number of hydrogen-bond acceptors (Lipinski definition) is 4. The first-order valence-electron chi connectivity index (χ1n) is 5.87. The Morgan fingerprint density at radius 2 is 2.44 bits per heavy atom. The molecule has 0 spiro atoms. The second kappa shape index (κ2) is 5.30. The molecule has 0 bridgehead atoms. The highest BCUT2D eigenvalue weighted by Crippen LogP contribution is 2.28. The molecule has 2 heterocycles. The maximum atomic E-state index is 11.8. The number of amides is 1. The number of anilines is 1. The third-order valence-electron chi connectivity index (χ3n) is 3.18. The number of nitrogens with zero attached hydrogens (tertiary/aromatic N) is 2. The number of thiocarbonyl (C=S) groups is 1.